The molecule has 1 atom stereocenters. The maximum Gasteiger partial charge on any atom is 0.272 e. The number of hydrogen-bond acceptors (Lipinski definition) is 4. The van der Waals surface area contributed by atoms with E-state index in [1.807, 2.05) is 6.07 Å². The second kappa shape index (κ2) is 5.87. The summed E-state index contributed by atoms with van der Waals surface area (Å²) in [6.45, 7) is 1.09. The maximum atomic E-state index is 12.8. The normalized spacial score (nSPS) is 17.8. The number of aromatic nitrogens is 2. The van der Waals surface area contributed by atoms with E-state index in [1.165, 1.54) is 12.1 Å². The number of pyridine rings is 2. The van der Waals surface area contributed by atoms with Gasteiger partial charge in [0.2, 0.25) is 0 Å². The van der Waals surface area contributed by atoms with Crippen LogP contribution in [0, 0.1) is 5.82 Å². The van der Waals surface area contributed by atoms with Crippen LogP contribution in [0.3, 0.4) is 0 Å². The van der Waals surface area contributed by atoms with Gasteiger partial charge in [-0.2, -0.15) is 0 Å². The van der Waals surface area contributed by atoms with Crippen molar-refractivity contribution in [3.63, 3.8) is 0 Å². The van der Waals surface area contributed by atoms with Crippen molar-refractivity contribution in [2.24, 2.45) is 0 Å². The van der Waals surface area contributed by atoms with Crippen LogP contribution >= 0.6 is 0 Å². The second-order valence-electron chi connectivity index (χ2n) is 4.83. The first kappa shape index (κ1) is 13.5. The van der Waals surface area contributed by atoms with Crippen molar-refractivity contribution >= 4 is 5.91 Å². The lowest BCUT2D eigenvalue weighted by molar-refractivity contribution is 0.0766. The van der Waals surface area contributed by atoms with E-state index in [0.717, 1.165) is 12.6 Å². The molecule has 0 spiro atoms. The molecule has 3 rings (SSSR count). The number of likely N-dealkylation sites (tertiary alicyclic amines) is 1. The Hall–Kier alpha value is -2.50. The minimum atomic E-state index is -0.453. The lowest BCUT2D eigenvalue weighted by Gasteiger charge is -2.16. The fourth-order valence-corrected chi connectivity index (χ4v) is 2.28. The van der Waals surface area contributed by atoms with Gasteiger partial charge in [0.1, 0.15) is 23.4 Å². The van der Waals surface area contributed by atoms with Crippen LogP contribution in [-0.4, -0.2) is 40.0 Å². The molecular weight excluding hydrogens is 273 g/mol. The largest absolute Gasteiger partial charge is 0.487 e. The third kappa shape index (κ3) is 3.16. The summed E-state index contributed by atoms with van der Waals surface area (Å²) in [5.41, 5.74) is 0.249. The Bertz CT molecular complexity index is 619. The molecule has 0 aliphatic carbocycles. The van der Waals surface area contributed by atoms with Gasteiger partial charge in [0.25, 0.3) is 5.91 Å². The summed E-state index contributed by atoms with van der Waals surface area (Å²) in [5.74, 6) is 0.0368. The molecule has 0 saturated carbocycles. The van der Waals surface area contributed by atoms with E-state index in [2.05, 4.69) is 9.97 Å². The summed E-state index contributed by atoms with van der Waals surface area (Å²) in [6.07, 6.45) is 5.07. The van der Waals surface area contributed by atoms with Crippen molar-refractivity contribution in [3.05, 3.63) is 54.4 Å². The fraction of sp³-hybridized carbons (Fsp3) is 0.267. The average molecular weight is 287 g/mol. The summed E-state index contributed by atoms with van der Waals surface area (Å²) >= 11 is 0. The number of halogens is 1. The third-order valence-electron chi connectivity index (χ3n) is 3.32. The van der Waals surface area contributed by atoms with Crippen LogP contribution in [0.2, 0.25) is 0 Å². The van der Waals surface area contributed by atoms with Crippen LogP contribution in [0.4, 0.5) is 4.39 Å². The SMILES string of the molecule is O=C(c1ccc(F)cn1)N1CCC(Oc2cccnc2)C1. The summed E-state index contributed by atoms with van der Waals surface area (Å²) < 4.78 is 18.6. The number of rotatable bonds is 3. The number of carbonyl (C=O) groups excluding carboxylic acids is 1. The summed E-state index contributed by atoms with van der Waals surface area (Å²) in [7, 11) is 0. The number of ether oxygens (including phenoxy) is 1. The molecule has 108 valence electrons. The molecule has 0 bridgehead atoms. The Morgan fingerprint density at radius 3 is 2.95 bits per heavy atom. The molecular formula is C15H14FN3O2. The number of hydrogen-bond donors (Lipinski definition) is 0. The smallest absolute Gasteiger partial charge is 0.272 e. The quantitative estimate of drug-likeness (QED) is 0.865. The van der Waals surface area contributed by atoms with Crippen LogP contribution in [0.25, 0.3) is 0 Å². The van der Waals surface area contributed by atoms with E-state index in [9.17, 15) is 9.18 Å². The molecule has 1 unspecified atom stereocenters. The summed E-state index contributed by atoms with van der Waals surface area (Å²) in [6, 6.07) is 6.27. The molecule has 0 aromatic carbocycles. The van der Waals surface area contributed by atoms with E-state index < -0.39 is 5.82 Å². The van der Waals surface area contributed by atoms with Gasteiger partial charge in [0.05, 0.1) is 18.9 Å². The van der Waals surface area contributed by atoms with Gasteiger partial charge in [0, 0.05) is 19.2 Å². The minimum absolute atomic E-state index is 0.0569. The lowest BCUT2D eigenvalue weighted by atomic mass is 10.3. The maximum absolute atomic E-state index is 12.8. The van der Waals surface area contributed by atoms with Gasteiger partial charge in [-0.3, -0.25) is 9.78 Å². The first-order valence-electron chi connectivity index (χ1n) is 6.70. The zero-order valence-electron chi connectivity index (χ0n) is 11.3. The van der Waals surface area contributed by atoms with Gasteiger partial charge in [-0.25, -0.2) is 9.37 Å². The van der Waals surface area contributed by atoms with Gasteiger partial charge < -0.3 is 9.64 Å². The molecule has 0 radical (unpaired) electrons. The van der Waals surface area contributed by atoms with Crippen molar-refractivity contribution in [2.75, 3.05) is 13.1 Å². The van der Waals surface area contributed by atoms with E-state index in [0.29, 0.717) is 18.8 Å². The van der Waals surface area contributed by atoms with Crippen molar-refractivity contribution in [3.8, 4) is 5.75 Å². The van der Waals surface area contributed by atoms with Crippen LogP contribution in [-0.2, 0) is 0 Å². The molecule has 5 nitrogen and oxygen atoms in total. The first-order chi connectivity index (χ1) is 10.2. The van der Waals surface area contributed by atoms with Crippen LogP contribution in [0.5, 0.6) is 5.75 Å². The van der Waals surface area contributed by atoms with E-state index in [4.69, 9.17) is 4.74 Å². The van der Waals surface area contributed by atoms with E-state index >= 15 is 0 Å². The molecule has 3 heterocycles. The van der Waals surface area contributed by atoms with Crippen LogP contribution in [0.15, 0.2) is 42.9 Å². The highest BCUT2D eigenvalue weighted by Crippen LogP contribution is 2.18. The highest BCUT2D eigenvalue weighted by atomic mass is 19.1. The van der Waals surface area contributed by atoms with Crippen LogP contribution < -0.4 is 4.74 Å². The Balaban J connectivity index is 1.61. The zero-order chi connectivity index (χ0) is 14.7. The average Bonchev–Trinajstić information content (AvgIpc) is 2.97. The van der Waals surface area contributed by atoms with Gasteiger partial charge in [-0.1, -0.05) is 0 Å². The predicted octanol–water partition coefficient (Wildman–Crippen LogP) is 1.91. The van der Waals surface area contributed by atoms with Gasteiger partial charge in [-0.05, 0) is 24.3 Å². The van der Waals surface area contributed by atoms with Crippen molar-refractivity contribution in [1.82, 2.24) is 14.9 Å². The Kier molecular flexibility index (Phi) is 3.77. The molecule has 1 aliphatic rings. The topological polar surface area (TPSA) is 55.3 Å². The minimum Gasteiger partial charge on any atom is -0.487 e. The van der Waals surface area contributed by atoms with E-state index in [1.54, 1.807) is 23.4 Å². The number of nitrogens with zero attached hydrogens (tertiary/aromatic N) is 3. The van der Waals surface area contributed by atoms with Crippen molar-refractivity contribution in [2.45, 2.75) is 12.5 Å². The standard InChI is InChI=1S/C15H14FN3O2/c16-11-3-4-14(18-8-11)15(20)19-7-5-13(10-19)21-12-2-1-6-17-9-12/h1-4,6,8-9,13H,5,7,10H2. The highest BCUT2D eigenvalue weighted by molar-refractivity contribution is 5.92. The Morgan fingerprint density at radius 1 is 1.33 bits per heavy atom. The molecule has 1 saturated heterocycles. The van der Waals surface area contributed by atoms with Crippen LogP contribution in [0.1, 0.15) is 16.9 Å². The Morgan fingerprint density at radius 2 is 2.24 bits per heavy atom. The Labute approximate surface area is 121 Å². The molecule has 1 amide bonds. The summed E-state index contributed by atoms with van der Waals surface area (Å²) in [4.78, 5) is 21.7. The molecule has 2 aromatic rings. The molecule has 1 fully saturated rings. The second-order valence-corrected chi connectivity index (χ2v) is 4.83. The number of amides is 1. The van der Waals surface area contributed by atoms with Gasteiger partial charge in [0.15, 0.2) is 0 Å². The predicted molar refractivity (Wildman–Crippen MR) is 73.4 cm³/mol. The highest BCUT2D eigenvalue weighted by Gasteiger charge is 2.28. The van der Waals surface area contributed by atoms with Gasteiger partial charge >= 0.3 is 0 Å². The molecule has 6 heteroatoms. The molecule has 21 heavy (non-hydrogen) atoms. The zero-order valence-corrected chi connectivity index (χ0v) is 11.3. The summed E-state index contributed by atoms with van der Waals surface area (Å²) in [5, 5.41) is 0. The lowest BCUT2D eigenvalue weighted by Crippen LogP contribution is -2.31. The molecule has 0 N–H and O–H groups in total. The third-order valence-corrected chi connectivity index (χ3v) is 3.32. The molecule has 1 aliphatic heterocycles. The number of carbonyl (C=O) groups is 1. The molecule has 2 aromatic heterocycles. The van der Waals surface area contributed by atoms with Crippen molar-refractivity contribution < 1.29 is 13.9 Å². The first-order valence-corrected chi connectivity index (χ1v) is 6.70. The monoisotopic (exact) mass is 287 g/mol. The van der Waals surface area contributed by atoms with E-state index in [-0.39, 0.29) is 17.7 Å². The van der Waals surface area contributed by atoms with Gasteiger partial charge in [-0.15, -0.1) is 0 Å². The van der Waals surface area contributed by atoms with Crippen molar-refractivity contribution in [1.29, 1.82) is 0 Å². The fourth-order valence-electron chi connectivity index (χ4n) is 2.28.